The molecule has 0 aliphatic carbocycles. The molecule has 1 aromatic carbocycles. The van der Waals surface area contributed by atoms with Gasteiger partial charge in [-0.1, -0.05) is 41.6 Å². The summed E-state index contributed by atoms with van der Waals surface area (Å²) in [6.07, 6.45) is 0.280. The van der Waals surface area contributed by atoms with Gasteiger partial charge in [-0.25, -0.2) is 9.59 Å². The number of benzene rings is 1. The molecule has 7 nitrogen and oxygen atoms in total. The molecule has 0 fully saturated rings. The van der Waals surface area contributed by atoms with Crippen LogP contribution in [0.4, 0.5) is 4.79 Å². The summed E-state index contributed by atoms with van der Waals surface area (Å²) in [5, 5.41) is 8.24. The van der Waals surface area contributed by atoms with Gasteiger partial charge in [-0.2, -0.15) is 0 Å². The summed E-state index contributed by atoms with van der Waals surface area (Å²) in [5.74, 6) is 0.0236. The second-order valence-corrected chi connectivity index (χ2v) is 6.47. The average Bonchev–Trinajstić information content (AvgIpc) is 3.31. The molecule has 0 spiro atoms. The maximum Gasteiger partial charge on any atom is 0.329 e. The molecular formula is C18H17N3O4S. The molecule has 0 saturated carbocycles. The van der Waals surface area contributed by atoms with Gasteiger partial charge in [-0.15, -0.1) is 11.3 Å². The van der Waals surface area contributed by atoms with Crippen LogP contribution in [0.1, 0.15) is 11.3 Å². The molecule has 0 saturated heterocycles. The number of thiophene rings is 1. The van der Waals surface area contributed by atoms with Crippen LogP contribution in [-0.4, -0.2) is 23.2 Å². The first-order valence-electron chi connectivity index (χ1n) is 7.88. The summed E-state index contributed by atoms with van der Waals surface area (Å²) in [6, 6.07) is 13.2. The van der Waals surface area contributed by atoms with Crippen LogP contribution in [0.15, 0.2) is 58.4 Å². The third kappa shape index (κ3) is 4.70. The zero-order valence-corrected chi connectivity index (χ0v) is 14.6. The third-order valence-electron chi connectivity index (χ3n) is 3.57. The fraction of sp³-hybridized carbons (Fsp3) is 0.167. The number of urea groups is 1. The lowest BCUT2D eigenvalue weighted by Crippen LogP contribution is -2.45. The first-order chi connectivity index (χ1) is 12.6. The first kappa shape index (κ1) is 17.7. The van der Waals surface area contributed by atoms with E-state index in [1.165, 1.54) is 11.3 Å². The lowest BCUT2D eigenvalue weighted by Gasteiger charge is -2.16. The molecule has 0 aliphatic heterocycles. The second kappa shape index (κ2) is 8.30. The van der Waals surface area contributed by atoms with Gasteiger partial charge in [0, 0.05) is 12.5 Å². The molecule has 0 aliphatic rings. The molecule has 3 rings (SSSR count). The number of primary amides is 1. The Hall–Kier alpha value is -3.13. The molecule has 1 atom stereocenters. The topological polar surface area (TPSA) is 107 Å². The number of ether oxygens (including phenoxy) is 1. The van der Waals surface area contributed by atoms with E-state index in [-0.39, 0.29) is 13.0 Å². The number of carbonyl (C=O) groups is 2. The van der Waals surface area contributed by atoms with Crippen molar-refractivity contribution in [2.75, 3.05) is 0 Å². The van der Waals surface area contributed by atoms with Gasteiger partial charge in [0.05, 0.1) is 4.88 Å². The van der Waals surface area contributed by atoms with Gasteiger partial charge in [-0.3, -0.25) is 0 Å². The molecule has 0 bridgehead atoms. The van der Waals surface area contributed by atoms with Crippen LogP contribution in [0.2, 0.25) is 0 Å². The van der Waals surface area contributed by atoms with Crippen LogP contribution in [0.3, 0.4) is 0 Å². The Morgan fingerprint density at radius 1 is 1.23 bits per heavy atom. The number of nitrogens with zero attached hydrogens (tertiary/aromatic N) is 1. The van der Waals surface area contributed by atoms with Gasteiger partial charge in [0.2, 0.25) is 0 Å². The average molecular weight is 371 g/mol. The van der Waals surface area contributed by atoms with Crippen molar-refractivity contribution in [2.45, 2.75) is 19.1 Å². The van der Waals surface area contributed by atoms with Gasteiger partial charge in [0.15, 0.2) is 5.76 Å². The van der Waals surface area contributed by atoms with Crippen molar-refractivity contribution in [3.63, 3.8) is 0 Å². The van der Waals surface area contributed by atoms with Crippen molar-refractivity contribution in [3.05, 3.63) is 65.2 Å². The molecule has 2 heterocycles. The Morgan fingerprint density at radius 3 is 2.73 bits per heavy atom. The maximum absolute atomic E-state index is 12.3. The van der Waals surface area contributed by atoms with E-state index < -0.39 is 18.0 Å². The first-order valence-corrected chi connectivity index (χ1v) is 8.76. The predicted octanol–water partition coefficient (Wildman–Crippen LogP) is 2.73. The number of rotatable bonds is 7. The quantitative estimate of drug-likeness (QED) is 0.621. The summed E-state index contributed by atoms with van der Waals surface area (Å²) in [7, 11) is 0. The molecule has 2 aromatic heterocycles. The molecule has 3 N–H and O–H groups in total. The number of amides is 2. The van der Waals surface area contributed by atoms with Gasteiger partial charge in [0.1, 0.15) is 18.3 Å². The highest BCUT2D eigenvalue weighted by Crippen LogP contribution is 2.25. The molecule has 0 unspecified atom stereocenters. The number of nitrogens with two attached hydrogens (primary N) is 1. The van der Waals surface area contributed by atoms with Crippen molar-refractivity contribution in [3.8, 4) is 10.6 Å². The summed E-state index contributed by atoms with van der Waals surface area (Å²) in [6.45, 7) is -0.0561. The van der Waals surface area contributed by atoms with Gasteiger partial charge in [-0.05, 0) is 17.0 Å². The molecule has 26 heavy (non-hydrogen) atoms. The van der Waals surface area contributed by atoms with E-state index in [0.29, 0.717) is 11.5 Å². The number of carbonyl (C=O) groups excluding carboxylic acids is 2. The fourth-order valence-corrected chi connectivity index (χ4v) is 3.05. The van der Waals surface area contributed by atoms with Crippen LogP contribution in [0, 0.1) is 0 Å². The normalized spacial score (nSPS) is 11.7. The number of hydrogen-bond donors (Lipinski definition) is 2. The minimum Gasteiger partial charge on any atom is -0.458 e. The Morgan fingerprint density at radius 2 is 2.04 bits per heavy atom. The molecule has 134 valence electrons. The van der Waals surface area contributed by atoms with E-state index in [2.05, 4.69) is 10.5 Å². The van der Waals surface area contributed by atoms with E-state index in [1.807, 2.05) is 47.8 Å². The van der Waals surface area contributed by atoms with Gasteiger partial charge in [0.25, 0.3) is 0 Å². The van der Waals surface area contributed by atoms with Crippen LogP contribution in [0.5, 0.6) is 0 Å². The Balaban J connectivity index is 1.61. The van der Waals surface area contributed by atoms with Crippen molar-refractivity contribution in [2.24, 2.45) is 5.73 Å². The van der Waals surface area contributed by atoms with Crippen LogP contribution < -0.4 is 11.1 Å². The summed E-state index contributed by atoms with van der Waals surface area (Å²) >= 11 is 1.52. The summed E-state index contributed by atoms with van der Waals surface area (Å²) in [4.78, 5) is 24.5. The Bertz CT molecular complexity index is 862. The molecule has 2 amide bonds. The van der Waals surface area contributed by atoms with E-state index in [4.69, 9.17) is 15.0 Å². The lowest BCUT2D eigenvalue weighted by molar-refractivity contribution is -0.147. The van der Waals surface area contributed by atoms with E-state index in [1.54, 1.807) is 6.07 Å². The zero-order chi connectivity index (χ0) is 18.4. The molecular weight excluding hydrogens is 354 g/mol. The number of aromatic nitrogens is 1. The minimum absolute atomic E-state index is 0.0561. The van der Waals surface area contributed by atoms with Gasteiger partial charge >= 0.3 is 12.0 Å². The van der Waals surface area contributed by atoms with Gasteiger partial charge < -0.3 is 20.3 Å². The van der Waals surface area contributed by atoms with E-state index in [0.717, 1.165) is 10.4 Å². The monoisotopic (exact) mass is 371 g/mol. The zero-order valence-electron chi connectivity index (χ0n) is 13.8. The molecule has 0 radical (unpaired) electrons. The predicted molar refractivity (Wildman–Crippen MR) is 96.3 cm³/mol. The highest BCUT2D eigenvalue weighted by molar-refractivity contribution is 7.13. The number of hydrogen-bond acceptors (Lipinski definition) is 6. The summed E-state index contributed by atoms with van der Waals surface area (Å²) < 4.78 is 10.5. The van der Waals surface area contributed by atoms with E-state index in [9.17, 15) is 9.59 Å². The lowest BCUT2D eigenvalue weighted by atomic mass is 10.1. The minimum atomic E-state index is -0.876. The number of nitrogens with one attached hydrogen (secondary N) is 1. The standard InChI is InChI=1S/C18H17N3O4S/c19-18(23)20-14(9-12-5-2-1-3-6-12)17(22)24-11-13-10-15(25-21-13)16-7-4-8-26-16/h1-8,10,14H,9,11H2,(H3,19,20,23)/t14-/m0/s1. The maximum atomic E-state index is 12.3. The fourth-order valence-electron chi connectivity index (χ4n) is 2.38. The highest BCUT2D eigenvalue weighted by Gasteiger charge is 2.22. The van der Waals surface area contributed by atoms with Crippen LogP contribution >= 0.6 is 11.3 Å². The largest absolute Gasteiger partial charge is 0.458 e. The Labute approximate surface area is 153 Å². The van der Waals surface area contributed by atoms with Crippen molar-refractivity contribution in [1.29, 1.82) is 0 Å². The molecule has 3 aromatic rings. The van der Waals surface area contributed by atoms with Crippen LogP contribution in [-0.2, 0) is 22.6 Å². The smallest absolute Gasteiger partial charge is 0.329 e. The SMILES string of the molecule is NC(=O)N[C@@H](Cc1ccccc1)C(=O)OCc1cc(-c2cccs2)on1. The number of esters is 1. The van der Waals surface area contributed by atoms with E-state index >= 15 is 0 Å². The van der Waals surface area contributed by atoms with Crippen molar-refractivity contribution in [1.82, 2.24) is 10.5 Å². The summed E-state index contributed by atoms with van der Waals surface area (Å²) in [5.41, 5.74) is 6.53. The second-order valence-electron chi connectivity index (χ2n) is 5.52. The molecule has 8 heteroatoms. The third-order valence-corrected chi connectivity index (χ3v) is 4.45. The van der Waals surface area contributed by atoms with Crippen molar-refractivity contribution < 1.29 is 18.8 Å². The van der Waals surface area contributed by atoms with Crippen molar-refractivity contribution >= 4 is 23.3 Å². The Kier molecular flexibility index (Phi) is 5.65. The highest BCUT2D eigenvalue weighted by atomic mass is 32.1. The van der Waals surface area contributed by atoms with Crippen LogP contribution in [0.25, 0.3) is 10.6 Å².